The molecule has 2 aromatic carbocycles. The summed E-state index contributed by atoms with van der Waals surface area (Å²) in [5.74, 6) is -2.38. The average molecular weight is 368 g/mol. The van der Waals surface area contributed by atoms with Crippen molar-refractivity contribution in [1.82, 2.24) is 4.31 Å². The summed E-state index contributed by atoms with van der Waals surface area (Å²) < 4.78 is 52.7. The first kappa shape index (κ1) is 19.0. The molecule has 0 saturated heterocycles. The Morgan fingerprint density at radius 1 is 1.12 bits per heavy atom. The molecule has 8 heteroatoms. The highest BCUT2D eigenvalue weighted by atomic mass is 32.2. The lowest BCUT2D eigenvalue weighted by Gasteiger charge is -2.21. The molecular weight excluding hydrogens is 350 g/mol. The fraction of sp³-hybridized carbons (Fsp3) is 0.235. The molecule has 0 aliphatic rings. The number of anilines is 1. The van der Waals surface area contributed by atoms with Gasteiger partial charge in [0.05, 0.1) is 10.6 Å². The predicted octanol–water partition coefficient (Wildman–Crippen LogP) is 3.25. The Morgan fingerprint density at radius 2 is 1.80 bits per heavy atom. The van der Waals surface area contributed by atoms with Gasteiger partial charge in [0.25, 0.3) is 5.91 Å². The Morgan fingerprint density at radius 3 is 2.40 bits per heavy atom. The molecule has 0 atom stereocenters. The molecular formula is C17H18F2N2O3S. The fourth-order valence-corrected chi connectivity index (χ4v) is 3.44. The molecule has 134 valence electrons. The van der Waals surface area contributed by atoms with Gasteiger partial charge in [-0.15, -0.1) is 0 Å². The zero-order valence-corrected chi connectivity index (χ0v) is 14.8. The normalized spacial score (nSPS) is 11.8. The highest BCUT2D eigenvalue weighted by Crippen LogP contribution is 2.20. The first-order chi connectivity index (χ1) is 11.6. The molecule has 0 radical (unpaired) electrons. The second-order valence-corrected chi connectivity index (χ2v) is 7.72. The highest BCUT2D eigenvalue weighted by Gasteiger charge is 2.24. The maximum Gasteiger partial charge on any atom is 0.255 e. The minimum atomic E-state index is -3.75. The van der Waals surface area contributed by atoms with Crippen LogP contribution in [-0.2, 0) is 10.0 Å². The first-order valence-electron chi connectivity index (χ1n) is 7.47. The summed E-state index contributed by atoms with van der Waals surface area (Å²) in [4.78, 5) is 12.2. The van der Waals surface area contributed by atoms with Gasteiger partial charge in [-0.05, 0) is 44.2 Å². The number of carbonyl (C=O) groups is 1. The van der Waals surface area contributed by atoms with Crippen LogP contribution in [-0.4, -0.2) is 31.7 Å². The van der Waals surface area contributed by atoms with Gasteiger partial charge in [-0.1, -0.05) is 6.07 Å². The topological polar surface area (TPSA) is 66.5 Å². The molecule has 0 aliphatic carbocycles. The van der Waals surface area contributed by atoms with E-state index in [4.69, 9.17) is 0 Å². The van der Waals surface area contributed by atoms with E-state index in [1.165, 1.54) is 35.6 Å². The molecule has 5 nitrogen and oxygen atoms in total. The van der Waals surface area contributed by atoms with Crippen molar-refractivity contribution >= 4 is 21.6 Å². The van der Waals surface area contributed by atoms with E-state index in [1.807, 2.05) is 0 Å². The zero-order chi connectivity index (χ0) is 18.8. The van der Waals surface area contributed by atoms with Crippen molar-refractivity contribution in [1.29, 1.82) is 0 Å². The summed E-state index contributed by atoms with van der Waals surface area (Å²) in [7, 11) is -2.31. The summed E-state index contributed by atoms with van der Waals surface area (Å²) in [5.41, 5.74) is -0.152. The molecule has 0 spiro atoms. The first-order valence-corrected chi connectivity index (χ1v) is 8.91. The van der Waals surface area contributed by atoms with Crippen LogP contribution in [0.3, 0.4) is 0 Å². The van der Waals surface area contributed by atoms with Crippen molar-refractivity contribution in [2.75, 3.05) is 12.4 Å². The third kappa shape index (κ3) is 4.21. The Hall–Kier alpha value is -2.32. The van der Waals surface area contributed by atoms with E-state index in [9.17, 15) is 22.0 Å². The quantitative estimate of drug-likeness (QED) is 0.881. The van der Waals surface area contributed by atoms with Crippen LogP contribution >= 0.6 is 0 Å². The van der Waals surface area contributed by atoms with Gasteiger partial charge in [-0.3, -0.25) is 4.79 Å². The molecule has 25 heavy (non-hydrogen) atoms. The number of amides is 1. The van der Waals surface area contributed by atoms with E-state index in [2.05, 4.69) is 5.32 Å². The van der Waals surface area contributed by atoms with Crippen molar-refractivity contribution in [3.8, 4) is 0 Å². The fourth-order valence-electron chi connectivity index (χ4n) is 2.03. The standard InChI is InChI=1S/C17H18F2N2O3S/c1-11(2)21(3)25(23,24)14-6-4-5-12(9-14)17(22)20-16-8-7-13(18)10-15(16)19/h4-11H,1-3H3,(H,20,22). The van der Waals surface area contributed by atoms with Gasteiger partial charge >= 0.3 is 0 Å². The van der Waals surface area contributed by atoms with Crippen LogP contribution in [0.2, 0.25) is 0 Å². The molecule has 0 aromatic heterocycles. The number of nitrogens with zero attached hydrogens (tertiary/aromatic N) is 1. The molecule has 0 fully saturated rings. The largest absolute Gasteiger partial charge is 0.319 e. The van der Waals surface area contributed by atoms with Gasteiger partial charge in [-0.2, -0.15) is 4.31 Å². The number of rotatable bonds is 5. The molecule has 0 saturated carbocycles. The van der Waals surface area contributed by atoms with Crippen molar-refractivity contribution in [3.05, 3.63) is 59.7 Å². The molecule has 0 bridgehead atoms. The van der Waals surface area contributed by atoms with E-state index >= 15 is 0 Å². The molecule has 0 aliphatic heterocycles. The lowest BCUT2D eigenvalue weighted by atomic mass is 10.2. The monoisotopic (exact) mass is 368 g/mol. The lowest BCUT2D eigenvalue weighted by Crippen LogP contribution is -2.33. The number of benzene rings is 2. The predicted molar refractivity (Wildman–Crippen MR) is 90.8 cm³/mol. The van der Waals surface area contributed by atoms with E-state index < -0.39 is 27.6 Å². The zero-order valence-electron chi connectivity index (χ0n) is 14.0. The van der Waals surface area contributed by atoms with Crippen LogP contribution in [0.5, 0.6) is 0 Å². The van der Waals surface area contributed by atoms with Crippen molar-refractivity contribution in [3.63, 3.8) is 0 Å². The Kier molecular flexibility index (Phi) is 5.54. The smallest absolute Gasteiger partial charge is 0.255 e. The molecule has 0 unspecified atom stereocenters. The molecule has 2 aromatic rings. The molecule has 2 rings (SSSR count). The third-order valence-corrected chi connectivity index (χ3v) is 5.71. The SMILES string of the molecule is CC(C)N(C)S(=O)(=O)c1cccc(C(=O)Nc2ccc(F)cc2F)c1. The number of carbonyl (C=O) groups excluding carboxylic acids is 1. The van der Waals surface area contributed by atoms with Crippen LogP contribution in [0, 0.1) is 11.6 Å². The average Bonchev–Trinajstić information content (AvgIpc) is 2.56. The Balaban J connectivity index is 2.30. The number of halogens is 2. The summed E-state index contributed by atoms with van der Waals surface area (Å²) in [6, 6.07) is 7.92. The van der Waals surface area contributed by atoms with Gasteiger partial charge in [0.2, 0.25) is 10.0 Å². The third-order valence-electron chi connectivity index (χ3n) is 3.68. The van der Waals surface area contributed by atoms with E-state index in [1.54, 1.807) is 13.8 Å². The van der Waals surface area contributed by atoms with Gasteiger partial charge in [0.1, 0.15) is 11.6 Å². The van der Waals surface area contributed by atoms with Gasteiger partial charge in [0, 0.05) is 24.7 Å². The van der Waals surface area contributed by atoms with E-state index in [-0.39, 0.29) is 22.2 Å². The van der Waals surface area contributed by atoms with E-state index in [0.29, 0.717) is 6.07 Å². The summed E-state index contributed by atoms with van der Waals surface area (Å²) in [6.07, 6.45) is 0. The van der Waals surface area contributed by atoms with Crippen LogP contribution in [0.25, 0.3) is 0 Å². The maximum absolute atomic E-state index is 13.6. The van der Waals surface area contributed by atoms with Crippen LogP contribution < -0.4 is 5.32 Å². The van der Waals surface area contributed by atoms with Crippen molar-refractivity contribution < 1.29 is 22.0 Å². The summed E-state index contributed by atoms with van der Waals surface area (Å²) in [6.45, 7) is 3.46. The summed E-state index contributed by atoms with van der Waals surface area (Å²) in [5, 5.41) is 2.30. The molecule has 1 amide bonds. The Labute approximate surface area is 145 Å². The maximum atomic E-state index is 13.6. The van der Waals surface area contributed by atoms with Crippen molar-refractivity contribution in [2.45, 2.75) is 24.8 Å². The number of sulfonamides is 1. The number of hydrogen-bond donors (Lipinski definition) is 1. The van der Waals surface area contributed by atoms with Crippen LogP contribution in [0.1, 0.15) is 24.2 Å². The molecule has 0 heterocycles. The van der Waals surface area contributed by atoms with Crippen molar-refractivity contribution in [2.24, 2.45) is 0 Å². The highest BCUT2D eigenvalue weighted by molar-refractivity contribution is 7.89. The number of nitrogens with one attached hydrogen (secondary N) is 1. The van der Waals surface area contributed by atoms with Gasteiger partial charge < -0.3 is 5.32 Å². The van der Waals surface area contributed by atoms with Gasteiger partial charge in [-0.25, -0.2) is 17.2 Å². The number of hydrogen-bond acceptors (Lipinski definition) is 3. The van der Waals surface area contributed by atoms with Crippen LogP contribution in [0.15, 0.2) is 47.4 Å². The minimum absolute atomic E-state index is 0.0435. The van der Waals surface area contributed by atoms with Crippen LogP contribution in [0.4, 0.5) is 14.5 Å². The van der Waals surface area contributed by atoms with Gasteiger partial charge in [0.15, 0.2) is 0 Å². The van der Waals surface area contributed by atoms with E-state index in [0.717, 1.165) is 12.1 Å². The lowest BCUT2D eigenvalue weighted by molar-refractivity contribution is 0.102. The minimum Gasteiger partial charge on any atom is -0.319 e. The Bertz CT molecular complexity index is 899. The second-order valence-electron chi connectivity index (χ2n) is 5.72. The second kappa shape index (κ2) is 7.28. The summed E-state index contributed by atoms with van der Waals surface area (Å²) >= 11 is 0. The molecule has 1 N–H and O–H groups in total.